The Kier molecular flexibility index (Phi) is 4.44. The average molecular weight is 303 g/mol. The molecule has 1 aromatic carbocycles. The summed E-state index contributed by atoms with van der Waals surface area (Å²) in [5.74, 6) is -1.58. The molecule has 2 rings (SSSR count). The van der Waals surface area contributed by atoms with Crippen molar-refractivity contribution in [3.8, 4) is 0 Å². The molecule has 1 fully saturated rings. The van der Waals surface area contributed by atoms with Gasteiger partial charge in [0.25, 0.3) is 0 Å². The highest BCUT2D eigenvalue weighted by molar-refractivity contribution is 7.89. The molecule has 0 radical (unpaired) electrons. The maximum atomic E-state index is 13.6. The first-order valence-electron chi connectivity index (χ1n) is 6.79. The van der Waals surface area contributed by atoms with E-state index in [1.807, 2.05) is 6.92 Å². The van der Waals surface area contributed by atoms with Crippen LogP contribution >= 0.6 is 0 Å². The highest BCUT2D eigenvalue weighted by Gasteiger charge is 2.33. The molecule has 112 valence electrons. The standard InChI is InChI=1S/C14H19F2NO2S/c1-9-5-3-8-13(10(9)2)17-20(18,19)14-11(15)6-4-7-12(14)16/h4,6-7,9-10,13,17H,3,5,8H2,1-2H3/t9-,10-,13+/m1/s1. The molecule has 0 spiro atoms. The van der Waals surface area contributed by atoms with Gasteiger partial charge in [-0.1, -0.05) is 32.8 Å². The Morgan fingerprint density at radius 2 is 1.75 bits per heavy atom. The van der Waals surface area contributed by atoms with Gasteiger partial charge in [-0.15, -0.1) is 0 Å². The van der Waals surface area contributed by atoms with Gasteiger partial charge < -0.3 is 0 Å². The Labute approximate surface area is 118 Å². The molecule has 1 aromatic rings. The number of rotatable bonds is 3. The van der Waals surface area contributed by atoms with Crippen LogP contribution in [0, 0.1) is 23.5 Å². The fraction of sp³-hybridized carbons (Fsp3) is 0.571. The lowest BCUT2D eigenvalue weighted by Gasteiger charge is -2.34. The summed E-state index contributed by atoms with van der Waals surface area (Å²) in [6, 6.07) is 2.77. The number of hydrogen-bond acceptors (Lipinski definition) is 2. The molecule has 0 saturated heterocycles. The minimum atomic E-state index is -4.18. The van der Waals surface area contributed by atoms with Gasteiger partial charge in [0.05, 0.1) is 0 Å². The van der Waals surface area contributed by atoms with Crippen LogP contribution in [-0.4, -0.2) is 14.5 Å². The van der Waals surface area contributed by atoms with Gasteiger partial charge in [-0.05, 0) is 30.4 Å². The van der Waals surface area contributed by atoms with E-state index in [0.717, 1.165) is 31.0 Å². The summed E-state index contributed by atoms with van der Waals surface area (Å²) in [6.45, 7) is 4.03. The monoisotopic (exact) mass is 303 g/mol. The summed E-state index contributed by atoms with van der Waals surface area (Å²) in [5.41, 5.74) is 0. The molecule has 3 atom stereocenters. The zero-order valence-corrected chi connectivity index (χ0v) is 12.4. The number of sulfonamides is 1. The van der Waals surface area contributed by atoms with Crippen LogP contribution < -0.4 is 4.72 Å². The largest absolute Gasteiger partial charge is 0.246 e. The van der Waals surface area contributed by atoms with Crippen molar-refractivity contribution in [1.82, 2.24) is 4.72 Å². The molecular formula is C14H19F2NO2S. The summed E-state index contributed by atoms with van der Waals surface area (Å²) in [5, 5.41) is 0. The first-order valence-corrected chi connectivity index (χ1v) is 8.27. The quantitative estimate of drug-likeness (QED) is 0.933. The Morgan fingerprint density at radius 1 is 1.15 bits per heavy atom. The van der Waals surface area contributed by atoms with Crippen LogP contribution in [0.3, 0.4) is 0 Å². The molecule has 0 aromatic heterocycles. The SMILES string of the molecule is C[C@@H]1[C@H](C)CCC[C@@H]1NS(=O)(=O)c1c(F)cccc1F. The summed E-state index contributed by atoms with van der Waals surface area (Å²) < 4.78 is 54.1. The Bertz CT molecular complexity index is 569. The first-order chi connectivity index (χ1) is 9.33. The number of halogens is 2. The molecule has 1 aliphatic rings. The lowest BCUT2D eigenvalue weighted by molar-refractivity contribution is 0.226. The summed E-state index contributed by atoms with van der Waals surface area (Å²) in [6.07, 6.45) is 2.66. The van der Waals surface area contributed by atoms with E-state index in [2.05, 4.69) is 11.6 Å². The van der Waals surface area contributed by atoms with Crippen molar-refractivity contribution in [1.29, 1.82) is 0 Å². The molecule has 0 amide bonds. The second-order valence-corrected chi connectivity index (χ2v) is 7.20. The maximum absolute atomic E-state index is 13.6. The van der Waals surface area contributed by atoms with Gasteiger partial charge in [-0.2, -0.15) is 0 Å². The van der Waals surface area contributed by atoms with Gasteiger partial charge in [-0.25, -0.2) is 21.9 Å². The van der Waals surface area contributed by atoms with E-state index < -0.39 is 26.6 Å². The van der Waals surface area contributed by atoms with Crippen LogP contribution in [0.1, 0.15) is 33.1 Å². The van der Waals surface area contributed by atoms with Gasteiger partial charge in [-0.3, -0.25) is 0 Å². The van der Waals surface area contributed by atoms with Crippen LogP contribution in [0.4, 0.5) is 8.78 Å². The highest BCUT2D eigenvalue weighted by atomic mass is 32.2. The molecule has 3 nitrogen and oxygen atoms in total. The lowest BCUT2D eigenvalue weighted by atomic mass is 9.78. The third kappa shape index (κ3) is 3.01. The minimum absolute atomic E-state index is 0.147. The second-order valence-electron chi connectivity index (χ2n) is 5.55. The zero-order valence-electron chi connectivity index (χ0n) is 11.6. The van der Waals surface area contributed by atoms with E-state index in [9.17, 15) is 17.2 Å². The Balaban J connectivity index is 2.28. The van der Waals surface area contributed by atoms with Gasteiger partial charge in [0.2, 0.25) is 10.0 Å². The normalized spacial score (nSPS) is 27.5. The fourth-order valence-corrected chi connectivity index (χ4v) is 4.24. The van der Waals surface area contributed by atoms with Crippen LogP contribution in [0.2, 0.25) is 0 Å². The van der Waals surface area contributed by atoms with Crippen molar-refractivity contribution in [2.75, 3.05) is 0 Å². The van der Waals surface area contributed by atoms with Crippen molar-refractivity contribution in [3.63, 3.8) is 0 Å². The van der Waals surface area contributed by atoms with Crippen molar-refractivity contribution in [3.05, 3.63) is 29.8 Å². The third-order valence-electron chi connectivity index (χ3n) is 4.20. The molecule has 20 heavy (non-hydrogen) atoms. The van der Waals surface area contributed by atoms with Gasteiger partial charge in [0.15, 0.2) is 4.90 Å². The first kappa shape index (κ1) is 15.4. The van der Waals surface area contributed by atoms with E-state index in [1.54, 1.807) is 0 Å². The van der Waals surface area contributed by atoms with Gasteiger partial charge >= 0.3 is 0 Å². The van der Waals surface area contributed by atoms with E-state index in [4.69, 9.17) is 0 Å². The number of benzene rings is 1. The van der Waals surface area contributed by atoms with Gasteiger partial charge in [0.1, 0.15) is 11.6 Å². The van der Waals surface area contributed by atoms with Crippen molar-refractivity contribution >= 4 is 10.0 Å². The van der Waals surface area contributed by atoms with Crippen LogP contribution in [0.25, 0.3) is 0 Å². The number of nitrogens with one attached hydrogen (secondary N) is 1. The summed E-state index contributed by atoms with van der Waals surface area (Å²) in [7, 11) is -4.18. The van der Waals surface area contributed by atoms with Crippen molar-refractivity contribution < 1.29 is 17.2 Å². The highest BCUT2D eigenvalue weighted by Crippen LogP contribution is 2.31. The number of hydrogen-bond donors (Lipinski definition) is 1. The van der Waals surface area contributed by atoms with Gasteiger partial charge in [0, 0.05) is 6.04 Å². The van der Waals surface area contributed by atoms with Crippen LogP contribution in [-0.2, 0) is 10.0 Å². The minimum Gasteiger partial charge on any atom is -0.208 e. The smallest absolute Gasteiger partial charge is 0.208 e. The topological polar surface area (TPSA) is 46.2 Å². The van der Waals surface area contributed by atoms with Crippen molar-refractivity contribution in [2.24, 2.45) is 11.8 Å². The molecule has 0 bridgehead atoms. The van der Waals surface area contributed by atoms with E-state index in [0.29, 0.717) is 12.3 Å². The van der Waals surface area contributed by atoms with Crippen LogP contribution in [0.15, 0.2) is 23.1 Å². The third-order valence-corrected chi connectivity index (χ3v) is 5.74. The lowest BCUT2D eigenvalue weighted by Crippen LogP contribution is -2.44. The molecule has 1 saturated carbocycles. The predicted octanol–water partition coefficient (Wildman–Crippen LogP) is 3.07. The van der Waals surface area contributed by atoms with Crippen molar-refractivity contribution in [2.45, 2.75) is 44.0 Å². The zero-order chi connectivity index (χ0) is 14.9. The fourth-order valence-electron chi connectivity index (χ4n) is 2.75. The van der Waals surface area contributed by atoms with E-state index >= 15 is 0 Å². The summed E-state index contributed by atoms with van der Waals surface area (Å²) >= 11 is 0. The van der Waals surface area contributed by atoms with E-state index in [1.165, 1.54) is 0 Å². The molecular weight excluding hydrogens is 284 g/mol. The molecule has 1 aliphatic carbocycles. The Morgan fingerprint density at radius 3 is 2.35 bits per heavy atom. The maximum Gasteiger partial charge on any atom is 0.246 e. The summed E-state index contributed by atoms with van der Waals surface area (Å²) in [4.78, 5) is -0.884. The Hall–Kier alpha value is -1.01. The van der Waals surface area contributed by atoms with Crippen LogP contribution in [0.5, 0.6) is 0 Å². The average Bonchev–Trinajstić information content (AvgIpc) is 2.34. The predicted molar refractivity (Wildman–Crippen MR) is 72.6 cm³/mol. The molecule has 1 N–H and O–H groups in total. The molecule has 0 heterocycles. The molecule has 0 aliphatic heterocycles. The van der Waals surface area contributed by atoms with E-state index in [-0.39, 0.29) is 12.0 Å². The molecule has 6 heteroatoms. The second kappa shape index (κ2) is 5.77. The molecule has 0 unspecified atom stereocenters.